The van der Waals surface area contributed by atoms with E-state index in [0.29, 0.717) is 0 Å². The van der Waals surface area contributed by atoms with Crippen LogP contribution in [0.2, 0.25) is 0 Å². The van der Waals surface area contributed by atoms with Gasteiger partial charge in [-0.3, -0.25) is 5.84 Å². The zero-order valence-electron chi connectivity index (χ0n) is 8.35. The van der Waals surface area contributed by atoms with Gasteiger partial charge in [-0.1, -0.05) is 0 Å². The van der Waals surface area contributed by atoms with Gasteiger partial charge in [0.05, 0.1) is 12.3 Å². The molecule has 15 heavy (non-hydrogen) atoms. The number of nitrogens with two attached hydrogens (primary N) is 1. The number of hydrogen-bond donors (Lipinski definition) is 2. The summed E-state index contributed by atoms with van der Waals surface area (Å²) in [4.78, 5) is 0. The molecule has 2 heterocycles. The van der Waals surface area contributed by atoms with Gasteiger partial charge in [0.2, 0.25) is 0 Å². The number of hydrazine groups is 1. The molecule has 0 bridgehead atoms. The molecular weight excluding hydrogens is 208 g/mol. The Labute approximate surface area is 92.9 Å². The quantitative estimate of drug-likeness (QED) is 0.603. The van der Waals surface area contributed by atoms with E-state index in [0.717, 1.165) is 18.6 Å². The lowest BCUT2D eigenvalue weighted by atomic mass is 10.1. The van der Waals surface area contributed by atoms with Gasteiger partial charge < -0.3 is 4.42 Å². The zero-order valence-corrected chi connectivity index (χ0v) is 9.17. The molecule has 1 atom stereocenters. The first-order valence-electron chi connectivity index (χ1n) is 4.91. The highest BCUT2D eigenvalue weighted by molar-refractivity contribution is 7.07. The molecule has 0 spiro atoms. The molecular formula is C11H14N2OS. The van der Waals surface area contributed by atoms with Gasteiger partial charge in [0, 0.05) is 0 Å². The summed E-state index contributed by atoms with van der Waals surface area (Å²) in [7, 11) is 0. The molecule has 3 N–H and O–H groups in total. The van der Waals surface area contributed by atoms with E-state index in [-0.39, 0.29) is 6.04 Å². The molecule has 0 fully saturated rings. The Hall–Kier alpha value is -1.10. The highest BCUT2D eigenvalue weighted by atomic mass is 32.1. The van der Waals surface area contributed by atoms with E-state index < -0.39 is 0 Å². The molecule has 1 unspecified atom stereocenters. The fourth-order valence-corrected chi connectivity index (χ4v) is 2.25. The van der Waals surface area contributed by atoms with Crippen LogP contribution in [0.4, 0.5) is 0 Å². The van der Waals surface area contributed by atoms with Crippen molar-refractivity contribution in [1.29, 1.82) is 0 Å². The maximum atomic E-state index is 5.50. The molecule has 80 valence electrons. The second kappa shape index (κ2) is 5.11. The first-order chi connectivity index (χ1) is 7.40. The first kappa shape index (κ1) is 10.4. The molecule has 0 amide bonds. The number of thiophene rings is 1. The van der Waals surface area contributed by atoms with Crippen LogP contribution in [0.15, 0.2) is 39.6 Å². The van der Waals surface area contributed by atoms with Gasteiger partial charge in [-0.25, -0.2) is 5.43 Å². The van der Waals surface area contributed by atoms with Crippen LogP contribution < -0.4 is 11.3 Å². The van der Waals surface area contributed by atoms with Crippen LogP contribution in [0.25, 0.3) is 0 Å². The van der Waals surface area contributed by atoms with E-state index in [2.05, 4.69) is 22.3 Å². The van der Waals surface area contributed by atoms with Crippen LogP contribution in [0.5, 0.6) is 0 Å². The minimum Gasteiger partial charge on any atom is -0.468 e. The molecule has 0 aliphatic rings. The highest BCUT2D eigenvalue weighted by Gasteiger charge is 2.12. The maximum Gasteiger partial charge on any atom is 0.122 e. The summed E-state index contributed by atoms with van der Waals surface area (Å²) >= 11 is 1.72. The third-order valence-corrected chi connectivity index (χ3v) is 3.12. The minimum atomic E-state index is 0.0971. The Balaban J connectivity index is 1.92. The summed E-state index contributed by atoms with van der Waals surface area (Å²) in [5.41, 5.74) is 4.13. The number of hydrogen-bond acceptors (Lipinski definition) is 4. The summed E-state index contributed by atoms with van der Waals surface area (Å²) < 4.78 is 5.32. The van der Waals surface area contributed by atoms with Crippen molar-refractivity contribution in [3.05, 3.63) is 46.5 Å². The van der Waals surface area contributed by atoms with E-state index in [4.69, 9.17) is 10.3 Å². The Morgan fingerprint density at radius 1 is 1.47 bits per heavy atom. The van der Waals surface area contributed by atoms with Crippen molar-refractivity contribution in [1.82, 2.24) is 5.43 Å². The summed E-state index contributed by atoms with van der Waals surface area (Å²) in [6, 6.07) is 6.06. The fraction of sp³-hybridized carbons (Fsp3) is 0.273. The number of nitrogens with one attached hydrogen (secondary N) is 1. The smallest absolute Gasteiger partial charge is 0.122 e. The van der Waals surface area contributed by atoms with Gasteiger partial charge in [0.25, 0.3) is 0 Å². The predicted molar refractivity (Wildman–Crippen MR) is 61.4 cm³/mol. The molecule has 2 aromatic rings. The summed E-state index contributed by atoms with van der Waals surface area (Å²) in [6.07, 6.45) is 3.63. The Morgan fingerprint density at radius 3 is 3.00 bits per heavy atom. The van der Waals surface area contributed by atoms with Gasteiger partial charge in [-0.05, 0) is 47.4 Å². The molecule has 0 radical (unpaired) electrons. The number of aryl methyl sites for hydroxylation is 1. The summed E-state index contributed by atoms with van der Waals surface area (Å²) in [6.45, 7) is 0. The summed E-state index contributed by atoms with van der Waals surface area (Å²) in [5, 5.41) is 4.25. The largest absolute Gasteiger partial charge is 0.468 e. The molecule has 0 saturated carbocycles. The molecule has 4 heteroatoms. The normalized spacial score (nSPS) is 12.9. The van der Waals surface area contributed by atoms with Gasteiger partial charge in [-0.15, -0.1) is 0 Å². The molecule has 2 aromatic heterocycles. The average Bonchev–Trinajstić information content (AvgIpc) is 2.90. The second-order valence-electron chi connectivity index (χ2n) is 3.40. The van der Waals surface area contributed by atoms with Crippen molar-refractivity contribution < 1.29 is 4.42 Å². The van der Waals surface area contributed by atoms with E-state index in [1.807, 2.05) is 12.1 Å². The molecule has 0 aliphatic heterocycles. The molecule has 0 aromatic carbocycles. The Bertz CT molecular complexity index is 369. The third-order valence-electron chi connectivity index (χ3n) is 2.39. The van der Waals surface area contributed by atoms with E-state index in [1.54, 1.807) is 17.6 Å². The van der Waals surface area contributed by atoms with Gasteiger partial charge in [0.15, 0.2) is 0 Å². The lowest BCUT2D eigenvalue weighted by Gasteiger charge is -2.12. The van der Waals surface area contributed by atoms with Crippen LogP contribution in [0.1, 0.15) is 23.8 Å². The van der Waals surface area contributed by atoms with Crippen molar-refractivity contribution in [3.63, 3.8) is 0 Å². The minimum absolute atomic E-state index is 0.0971. The third kappa shape index (κ3) is 2.68. The molecule has 3 nitrogen and oxygen atoms in total. The van der Waals surface area contributed by atoms with Crippen LogP contribution in [0, 0.1) is 0 Å². The van der Waals surface area contributed by atoms with Crippen LogP contribution in [-0.4, -0.2) is 0 Å². The van der Waals surface area contributed by atoms with Crippen molar-refractivity contribution in [2.24, 2.45) is 5.84 Å². The number of furan rings is 1. The molecule has 0 aliphatic carbocycles. The van der Waals surface area contributed by atoms with Gasteiger partial charge in [0.1, 0.15) is 5.76 Å². The second-order valence-corrected chi connectivity index (χ2v) is 4.18. The monoisotopic (exact) mass is 222 g/mol. The zero-order chi connectivity index (χ0) is 10.5. The van der Waals surface area contributed by atoms with Crippen molar-refractivity contribution >= 4 is 11.3 Å². The first-order valence-corrected chi connectivity index (χ1v) is 5.85. The van der Waals surface area contributed by atoms with Crippen LogP contribution in [-0.2, 0) is 6.42 Å². The van der Waals surface area contributed by atoms with E-state index in [1.165, 1.54) is 5.56 Å². The van der Waals surface area contributed by atoms with Gasteiger partial charge in [-0.2, -0.15) is 11.3 Å². The van der Waals surface area contributed by atoms with Crippen LogP contribution in [0.3, 0.4) is 0 Å². The topological polar surface area (TPSA) is 51.2 Å². The van der Waals surface area contributed by atoms with E-state index in [9.17, 15) is 0 Å². The molecule has 2 rings (SSSR count). The standard InChI is InChI=1S/C11H14N2OS/c12-13-10(11-2-1-6-14-11)4-3-9-5-7-15-8-9/h1-2,5-8,10,13H,3-4,12H2. The van der Waals surface area contributed by atoms with Crippen LogP contribution >= 0.6 is 11.3 Å². The lowest BCUT2D eigenvalue weighted by molar-refractivity contribution is 0.401. The Morgan fingerprint density at radius 2 is 2.40 bits per heavy atom. The van der Waals surface area contributed by atoms with Gasteiger partial charge >= 0.3 is 0 Å². The maximum absolute atomic E-state index is 5.50. The SMILES string of the molecule is NNC(CCc1ccsc1)c1ccco1. The van der Waals surface area contributed by atoms with Crippen molar-refractivity contribution in [3.8, 4) is 0 Å². The lowest BCUT2D eigenvalue weighted by Crippen LogP contribution is -2.28. The van der Waals surface area contributed by atoms with Crippen molar-refractivity contribution in [2.75, 3.05) is 0 Å². The molecule has 0 saturated heterocycles. The highest BCUT2D eigenvalue weighted by Crippen LogP contribution is 2.19. The number of rotatable bonds is 5. The predicted octanol–water partition coefficient (Wildman–Crippen LogP) is 2.48. The fourth-order valence-electron chi connectivity index (χ4n) is 1.54. The summed E-state index contributed by atoms with van der Waals surface area (Å²) in [5.74, 6) is 6.39. The average molecular weight is 222 g/mol. The Kier molecular flexibility index (Phi) is 3.55. The van der Waals surface area contributed by atoms with E-state index >= 15 is 0 Å². The van der Waals surface area contributed by atoms with Crippen molar-refractivity contribution in [2.45, 2.75) is 18.9 Å².